The summed E-state index contributed by atoms with van der Waals surface area (Å²) in [6.45, 7) is 0. The molecule has 1 heterocycles. The lowest BCUT2D eigenvalue weighted by Crippen LogP contribution is -2.07. The number of carbonyl (C=O) groups is 1. The van der Waals surface area contributed by atoms with Crippen LogP contribution < -0.4 is 0 Å². The summed E-state index contributed by atoms with van der Waals surface area (Å²) in [5.74, 6) is -1.16. The Morgan fingerprint density at radius 1 is 1.54 bits per heavy atom. The Balaban J connectivity index is 2.16. The molecule has 1 saturated carbocycles. The van der Waals surface area contributed by atoms with Gasteiger partial charge in [0.15, 0.2) is 0 Å². The van der Waals surface area contributed by atoms with E-state index in [9.17, 15) is 4.79 Å². The summed E-state index contributed by atoms with van der Waals surface area (Å²) in [4.78, 5) is 14.2. The lowest BCUT2D eigenvalue weighted by molar-refractivity contribution is 0.0683. The van der Waals surface area contributed by atoms with Gasteiger partial charge >= 0.3 is 5.97 Å². The molecule has 1 aliphatic carbocycles. The third-order valence-electron chi connectivity index (χ3n) is 2.40. The van der Waals surface area contributed by atoms with Crippen LogP contribution in [0.5, 0.6) is 0 Å². The Morgan fingerprint density at radius 3 is 2.77 bits per heavy atom. The van der Waals surface area contributed by atoms with Gasteiger partial charge in [-0.3, -0.25) is 0 Å². The van der Waals surface area contributed by atoms with E-state index in [1.54, 1.807) is 4.68 Å². The number of nitrogens with zero attached hydrogens (tertiary/aromatic N) is 3. The van der Waals surface area contributed by atoms with E-state index in [-0.39, 0.29) is 5.82 Å². The average Bonchev–Trinajstić information content (AvgIpc) is 2.75. The summed E-state index contributed by atoms with van der Waals surface area (Å²) in [5.41, 5.74) is 0. The molecule has 5 heteroatoms. The number of aromatic nitrogens is 3. The van der Waals surface area contributed by atoms with Crippen LogP contribution in [-0.2, 0) is 0 Å². The van der Waals surface area contributed by atoms with E-state index in [0.29, 0.717) is 6.04 Å². The molecule has 1 aromatic rings. The molecule has 1 aliphatic rings. The van der Waals surface area contributed by atoms with Crippen LogP contribution in [0.3, 0.4) is 0 Å². The summed E-state index contributed by atoms with van der Waals surface area (Å²) in [5, 5.41) is 12.5. The van der Waals surface area contributed by atoms with Gasteiger partial charge in [-0.15, -0.1) is 5.10 Å². The van der Waals surface area contributed by atoms with Crippen molar-refractivity contribution in [2.24, 2.45) is 0 Å². The molecule has 0 aromatic carbocycles. The van der Waals surface area contributed by atoms with Gasteiger partial charge in [-0.2, -0.15) is 0 Å². The molecule has 0 saturated heterocycles. The van der Waals surface area contributed by atoms with Gasteiger partial charge in [0.25, 0.3) is 5.82 Å². The summed E-state index contributed by atoms with van der Waals surface area (Å²) in [6, 6.07) is 0.362. The maximum atomic E-state index is 10.5. The lowest BCUT2D eigenvalue weighted by atomic mass is 10.3. The van der Waals surface area contributed by atoms with E-state index in [0.717, 1.165) is 12.8 Å². The van der Waals surface area contributed by atoms with Gasteiger partial charge in [-0.1, -0.05) is 12.8 Å². The minimum atomic E-state index is -1.06. The number of aromatic carboxylic acids is 1. The van der Waals surface area contributed by atoms with Crippen molar-refractivity contribution in [2.75, 3.05) is 0 Å². The summed E-state index contributed by atoms with van der Waals surface area (Å²) in [6.07, 6.45) is 6.09. The second-order valence-electron chi connectivity index (χ2n) is 3.29. The molecule has 1 fully saturated rings. The molecule has 1 aromatic heterocycles. The SMILES string of the molecule is O=C(O)c1ncn(C2CCCC2)n1. The van der Waals surface area contributed by atoms with Crippen LogP contribution in [0.25, 0.3) is 0 Å². The number of carboxylic acid groups (broad SMARTS) is 1. The number of hydrogen-bond donors (Lipinski definition) is 1. The first kappa shape index (κ1) is 8.22. The molecule has 0 atom stereocenters. The molecular formula is C8H11N3O2. The Labute approximate surface area is 75.4 Å². The van der Waals surface area contributed by atoms with Crippen molar-refractivity contribution in [1.29, 1.82) is 0 Å². The highest BCUT2D eigenvalue weighted by molar-refractivity contribution is 5.82. The third-order valence-corrected chi connectivity index (χ3v) is 2.40. The number of hydrogen-bond acceptors (Lipinski definition) is 3. The molecular weight excluding hydrogens is 170 g/mol. The van der Waals surface area contributed by atoms with Crippen LogP contribution in [0.4, 0.5) is 0 Å². The van der Waals surface area contributed by atoms with E-state index in [1.165, 1.54) is 19.2 Å². The zero-order chi connectivity index (χ0) is 9.26. The van der Waals surface area contributed by atoms with Crippen LogP contribution in [0.15, 0.2) is 6.33 Å². The Hall–Kier alpha value is -1.39. The van der Waals surface area contributed by atoms with Gasteiger partial charge in [-0.05, 0) is 12.8 Å². The molecule has 5 nitrogen and oxygen atoms in total. The van der Waals surface area contributed by atoms with E-state index >= 15 is 0 Å². The van der Waals surface area contributed by atoms with Crippen molar-refractivity contribution >= 4 is 5.97 Å². The lowest BCUT2D eigenvalue weighted by Gasteiger charge is -2.06. The topological polar surface area (TPSA) is 68.0 Å². The Bertz CT molecular complexity index is 315. The highest BCUT2D eigenvalue weighted by Crippen LogP contribution is 2.28. The van der Waals surface area contributed by atoms with E-state index in [2.05, 4.69) is 10.1 Å². The number of rotatable bonds is 2. The van der Waals surface area contributed by atoms with Gasteiger partial charge < -0.3 is 5.11 Å². The quantitative estimate of drug-likeness (QED) is 0.741. The highest BCUT2D eigenvalue weighted by Gasteiger charge is 2.19. The van der Waals surface area contributed by atoms with Crippen molar-refractivity contribution in [3.05, 3.63) is 12.2 Å². The molecule has 0 unspecified atom stereocenters. The monoisotopic (exact) mass is 181 g/mol. The maximum absolute atomic E-state index is 10.5. The molecule has 13 heavy (non-hydrogen) atoms. The second kappa shape index (κ2) is 3.16. The Kier molecular flexibility index (Phi) is 2.00. The van der Waals surface area contributed by atoms with E-state index < -0.39 is 5.97 Å². The van der Waals surface area contributed by atoms with Crippen LogP contribution in [0.2, 0.25) is 0 Å². The summed E-state index contributed by atoms with van der Waals surface area (Å²) >= 11 is 0. The van der Waals surface area contributed by atoms with Gasteiger partial charge in [0.2, 0.25) is 0 Å². The fourth-order valence-corrected chi connectivity index (χ4v) is 1.72. The summed E-state index contributed by atoms with van der Waals surface area (Å²) in [7, 11) is 0. The first-order valence-electron chi connectivity index (χ1n) is 4.42. The van der Waals surface area contributed by atoms with Crippen molar-refractivity contribution < 1.29 is 9.90 Å². The molecule has 0 radical (unpaired) electrons. The maximum Gasteiger partial charge on any atom is 0.375 e. The van der Waals surface area contributed by atoms with Crippen molar-refractivity contribution in [2.45, 2.75) is 31.7 Å². The van der Waals surface area contributed by atoms with Crippen molar-refractivity contribution in [3.8, 4) is 0 Å². The predicted octanol–water partition coefficient (Wildman–Crippen LogP) is 1.09. The van der Waals surface area contributed by atoms with Crippen LogP contribution in [0, 0.1) is 0 Å². The van der Waals surface area contributed by atoms with Crippen molar-refractivity contribution in [3.63, 3.8) is 0 Å². The highest BCUT2D eigenvalue weighted by atomic mass is 16.4. The van der Waals surface area contributed by atoms with Gasteiger partial charge in [0.05, 0.1) is 6.04 Å². The number of carboxylic acids is 1. The first-order chi connectivity index (χ1) is 6.27. The fraction of sp³-hybridized carbons (Fsp3) is 0.625. The van der Waals surface area contributed by atoms with Crippen molar-refractivity contribution in [1.82, 2.24) is 14.8 Å². The standard InChI is InChI=1S/C8H11N3O2/c12-8(13)7-9-5-11(10-7)6-3-1-2-4-6/h5-6H,1-4H2,(H,12,13). The molecule has 0 spiro atoms. The van der Waals surface area contributed by atoms with Crippen LogP contribution in [-0.4, -0.2) is 25.8 Å². The first-order valence-corrected chi connectivity index (χ1v) is 4.42. The molecule has 2 rings (SSSR count). The molecule has 0 amide bonds. The smallest absolute Gasteiger partial charge is 0.375 e. The van der Waals surface area contributed by atoms with Crippen LogP contribution in [0.1, 0.15) is 42.3 Å². The van der Waals surface area contributed by atoms with Crippen LogP contribution >= 0.6 is 0 Å². The second-order valence-corrected chi connectivity index (χ2v) is 3.29. The van der Waals surface area contributed by atoms with Gasteiger partial charge in [0, 0.05) is 0 Å². The molecule has 0 bridgehead atoms. The largest absolute Gasteiger partial charge is 0.475 e. The predicted molar refractivity (Wildman–Crippen MR) is 44.5 cm³/mol. The molecule has 1 N–H and O–H groups in total. The average molecular weight is 181 g/mol. The van der Waals surface area contributed by atoms with Gasteiger partial charge in [-0.25, -0.2) is 14.5 Å². The Morgan fingerprint density at radius 2 is 2.23 bits per heavy atom. The fourth-order valence-electron chi connectivity index (χ4n) is 1.72. The minimum Gasteiger partial charge on any atom is -0.475 e. The van der Waals surface area contributed by atoms with E-state index in [1.807, 2.05) is 0 Å². The zero-order valence-electron chi connectivity index (χ0n) is 7.18. The normalized spacial score (nSPS) is 17.8. The molecule has 70 valence electrons. The molecule has 0 aliphatic heterocycles. The van der Waals surface area contributed by atoms with E-state index in [4.69, 9.17) is 5.11 Å². The zero-order valence-corrected chi connectivity index (χ0v) is 7.18. The van der Waals surface area contributed by atoms with Gasteiger partial charge in [0.1, 0.15) is 6.33 Å². The minimum absolute atomic E-state index is 0.105. The third kappa shape index (κ3) is 1.54. The summed E-state index contributed by atoms with van der Waals surface area (Å²) < 4.78 is 1.68.